The van der Waals surface area contributed by atoms with Crippen molar-refractivity contribution in [2.75, 3.05) is 7.11 Å². The first-order chi connectivity index (χ1) is 16.8. The van der Waals surface area contributed by atoms with E-state index >= 15 is 0 Å². The van der Waals surface area contributed by atoms with Gasteiger partial charge in [0, 0.05) is 13.0 Å². The number of carboxylic acids is 1. The first kappa shape index (κ1) is 25.9. The number of halogens is 1. The Morgan fingerprint density at radius 3 is 2.29 bits per heavy atom. The van der Waals surface area contributed by atoms with Crippen molar-refractivity contribution in [2.45, 2.75) is 32.0 Å². The molecule has 0 spiro atoms. The van der Waals surface area contributed by atoms with Crippen LogP contribution in [0.5, 0.6) is 0 Å². The number of ether oxygens (including phenoxy) is 1. The number of esters is 1. The maximum Gasteiger partial charge on any atom is 0.328 e. The van der Waals surface area contributed by atoms with Gasteiger partial charge in [-0.3, -0.25) is 9.59 Å². The molecule has 3 N–H and O–H groups in total. The molecule has 0 saturated heterocycles. The largest absolute Gasteiger partial charge is 0.480 e. The smallest absolute Gasteiger partial charge is 0.328 e. The molecular weight excluding hydrogens is 468 g/mol. The second kappa shape index (κ2) is 12.1. The number of hydrogen-bond acceptors (Lipinski definition) is 5. The number of amides is 1. The van der Waals surface area contributed by atoms with Crippen LogP contribution < -0.4 is 10.6 Å². The van der Waals surface area contributed by atoms with E-state index in [1.54, 1.807) is 31.2 Å². The van der Waals surface area contributed by atoms with Crippen LogP contribution in [-0.2, 0) is 27.3 Å². The number of carboxylic acid groups (broad SMARTS) is 1. The lowest BCUT2D eigenvalue weighted by Crippen LogP contribution is -2.43. The van der Waals surface area contributed by atoms with E-state index in [1.807, 2.05) is 48.5 Å². The summed E-state index contributed by atoms with van der Waals surface area (Å²) < 4.78 is 4.89. The fourth-order valence-corrected chi connectivity index (χ4v) is 3.80. The number of rotatable bonds is 10. The van der Waals surface area contributed by atoms with Crippen molar-refractivity contribution in [1.82, 2.24) is 10.6 Å². The van der Waals surface area contributed by atoms with Crippen LogP contribution in [0.15, 0.2) is 72.8 Å². The highest BCUT2D eigenvalue weighted by Gasteiger charge is 2.23. The number of nitrogens with one attached hydrogen (secondary N) is 2. The van der Waals surface area contributed by atoms with Crippen LogP contribution >= 0.6 is 11.6 Å². The molecule has 0 aromatic heterocycles. The van der Waals surface area contributed by atoms with Gasteiger partial charge in [-0.05, 0) is 41.3 Å². The molecule has 0 aliphatic rings. The summed E-state index contributed by atoms with van der Waals surface area (Å²) in [6.45, 7) is 2.01. The Kier molecular flexibility index (Phi) is 9.00. The zero-order valence-corrected chi connectivity index (χ0v) is 20.2. The summed E-state index contributed by atoms with van der Waals surface area (Å²) >= 11 is 6.11. The lowest BCUT2D eigenvalue weighted by Gasteiger charge is -2.18. The van der Waals surface area contributed by atoms with Gasteiger partial charge in [0.25, 0.3) is 5.91 Å². The molecular formula is C27H27ClN2O5. The normalized spacial score (nSPS) is 12.4. The minimum Gasteiger partial charge on any atom is -0.480 e. The maximum atomic E-state index is 12.7. The van der Waals surface area contributed by atoms with E-state index in [9.17, 15) is 14.4 Å². The fourth-order valence-electron chi connectivity index (χ4n) is 3.58. The zero-order valence-electron chi connectivity index (χ0n) is 19.5. The van der Waals surface area contributed by atoms with Gasteiger partial charge in [0.15, 0.2) is 0 Å². The molecule has 182 valence electrons. The van der Waals surface area contributed by atoms with E-state index in [0.29, 0.717) is 11.6 Å². The molecule has 0 bridgehead atoms. The Labute approximate surface area is 209 Å². The number of benzene rings is 3. The van der Waals surface area contributed by atoms with Crippen molar-refractivity contribution in [3.63, 3.8) is 0 Å². The summed E-state index contributed by atoms with van der Waals surface area (Å²) in [5.74, 6) is -1.92. The zero-order chi connectivity index (χ0) is 25.4. The summed E-state index contributed by atoms with van der Waals surface area (Å²) in [6.07, 6.45) is 0.239. The summed E-state index contributed by atoms with van der Waals surface area (Å²) in [4.78, 5) is 36.1. The molecule has 0 aliphatic heterocycles. The molecule has 3 rings (SSSR count). The second-order valence-electron chi connectivity index (χ2n) is 8.03. The number of carbonyl (C=O) groups excluding carboxylic acids is 2. The van der Waals surface area contributed by atoms with Crippen molar-refractivity contribution in [3.8, 4) is 11.1 Å². The Balaban J connectivity index is 1.75. The Morgan fingerprint density at radius 2 is 1.63 bits per heavy atom. The molecule has 0 heterocycles. The molecule has 8 heteroatoms. The van der Waals surface area contributed by atoms with Gasteiger partial charge in [0.1, 0.15) is 12.1 Å². The van der Waals surface area contributed by atoms with E-state index in [0.717, 1.165) is 22.3 Å². The van der Waals surface area contributed by atoms with Crippen LogP contribution in [0.1, 0.15) is 28.4 Å². The van der Waals surface area contributed by atoms with Crippen molar-refractivity contribution in [2.24, 2.45) is 0 Å². The summed E-state index contributed by atoms with van der Waals surface area (Å²) in [5.41, 5.74) is 4.00. The number of methoxy groups -OCH3 is 1. The van der Waals surface area contributed by atoms with Crippen molar-refractivity contribution in [1.29, 1.82) is 0 Å². The standard InChI is InChI=1S/C27H27ClN2O5/c1-17(26(32)33)29-16-20-7-3-4-8-21(20)19-13-11-18(12-14-19)15-24(27(34)35-2)30-25(31)22-9-5-6-10-23(22)28/h3-14,17,24,29H,15-16H2,1-2H3,(H,30,31)(H,32,33)/t17-,24+/m1/s1. The fraction of sp³-hybridized carbons (Fsp3) is 0.222. The topological polar surface area (TPSA) is 105 Å². The molecule has 0 saturated carbocycles. The Bertz CT molecular complexity index is 1200. The summed E-state index contributed by atoms with van der Waals surface area (Å²) in [5, 5.41) is 15.1. The average Bonchev–Trinajstić information content (AvgIpc) is 2.87. The Hall–Kier alpha value is -3.68. The van der Waals surface area contributed by atoms with Gasteiger partial charge in [0.05, 0.1) is 17.7 Å². The molecule has 35 heavy (non-hydrogen) atoms. The first-order valence-electron chi connectivity index (χ1n) is 11.1. The average molecular weight is 495 g/mol. The van der Waals surface area contributed by atoms with Gasteiger partial charge in [-0.1, -0.05) is 72.3 Å². The number of aliphatic carboxylic acids is 1. The van der Waals surface area contributed by atoms with Gasteiger partial charge in [0.2, 0.25) is 0 Å². The monoisotopic (exact) mass is 494 g/mol. The molecule has 0 fully saturated rings. The third-order valence-electron chi connectivity index (χ3n) is 5.60. The van der Waals surface area contributed by atoms with Crippen LogP contribution in [-0.4, -0.2) is 42.1 Å². The van der Waals surface area contributed by atoms with E-state index in [-0.39, 0.29) is 12.0 Å². The van der Waals surface area contributed by atoms with Crippen molar-refractivity contribution in [3.05, 3.63) is 94.5 Å². The van der Waals surface area contributed by atoms with Crippen LogP contribution in [0.3, 0.4) is 0 Å². The van der Waals surface area contributed by atoms with Crippen molar-refractivity contribution < 1.29 is 24.2 Å². The van der Waals surface area contributed by atoms with Crippen LogP contribution in [0.4, 0.5) is 0 Å². The molecule has 0 unspecified atom stereocenters. The van der Waals surface area contributed by atoms with Crippen molar-refractivity contribution >= 4 is 29.4 Å². The maximum absolute atomic E-state index is 12.7. The SMILES string of the molecule is COC(=O)[C@H](Cc1ccc(-c2ccccc2CN[C@H](C)C(=O)O)cc1)NC(=O)c1ccccc1Cl. The molecule has 3 aromatic carbocycles. The first-order valence-corrected chi connectivity index (χ1v) is 11.4. The van der Waals surface area contributed by atoms with Crippen LogP contribution in [0.25, 0.3) is 11.1 Å². The van der Waals surface area contributed by atoms with E-state index in [1.165, 1.54) is 7.11 Å². The molecule has 0 aliphatic carbocycles. The minimum absolute atomic E-state index is 0.239. The van der Waals surface area contributed by atoms with E-state index < -0.39 is 29.9 Å². The number of hydrogen-bond donors (Lipinski definition) is 3. The van der Waals surface area contributed by atoms with Gasteiger partial charge in [-0.15, -0.1) is 0 Å². The summed E-state index contributed by atoms with van der Waals surface area (Å²) in [7, 11) is 1.27. The summed E-state index contributed by atoms with van der Waals surface area (Å²) in [6, 6.07) is 20.4. The highest BCUT2D eigenvalue weighted by molar-refractivity contribution is 6.33. The third-order valence-corrected chi connectivity index (χ3v) is 5.93. The molecule has 7 nitrogen and oxygen atoms in total. The highest BCUT2D eigenvalue weighted by atomic mass is 35.5. The number of carbonyl (C=O) groups is 3. The van der Waals surface area contributed by atoms with E-state index in [4.69, 9.17) is 21.4 Å². The predicted molar refractivity (Wildman–Crippen MR) is 134 cm³/mol. The second-order valence-corrected chi connectivity index (χ2v) is 8.44. The predicted octanol–water partition coefficient (Wildman–Crippen LogP) is 4.08. The van der Waals surface area contributed by atoms with Gasteiger partial charge in [-0.2, -0.15) is 0 Å². The quantitative estimate of drug-likeness (QED) is 0.367. The van der Waals surface area contributed by atoms with Gasteiger partial charge in [-0.25, -0.2) is 4.79 Å². The molecule has 1 amide bonds. The minimum atomic E-state index is -0.909. The van der Waals surface area contributed by atoms with Gasteiger partial charge >= 0.3 is 11.9 Å². The van der Waals surface area contributed by atoms with Crippen LogP contribution in [0, 0.1) is 0 Å². The molecule has 3 aromatic rings. The van der Waals surface area contributed by atoms with E-state index in [2.05, 4.69) is 10.6 Å². The Morgan fingerprint density at radius 1 is 0.971 bits per heavy atom. The highest BCUT2D eigenvalue weighted by Crippen LogP contribution is 2.25. The van der Waals surface area contributed by atoms with Crippen LogP contribution in [0.2, 0.25) is 5.02 Å². The van der Waals surface area contributed by atoms with Gasteiger partial charge < -0.3 is 20.5 Å². The molecule has 0 radical (unpaired) electrons. The lowest BCUT2D eigenvalue weighted by molar-refractivity contribution is -0.143. The third kappa shape index (κ3) is 6.91. The molecule has 2 atom stereocenters. The lowest BCUT2D eigenvalue weighted by atomic mass is 9.97.